The third-order valence-electron chi connectivity index (χ3n) is 3.34. The van der Waals surface area contributed by atoms with E-state index < -0.39 is 0 Å². The highest BCUT2D eigenvalue weighted by molar-refractivity contribution is 9.10. The Bertz CT molecular complexity index is 428. The molecule has 94 valence electrons. The molecule has 1 atom stereocenters. The van der Waals surface area contributed by atoms with Gasteiger partial charge in [-0.25, -0.2) is 0 Å². The largest absolute Gasteiger partial charge is 0.356 e. The fraction of sp³-hybridized carbons (Fsp3) is 0.667. The van der Waals surface area contributed by atoms with Crippen LogP contribution in [0.2, 0.25) is 0 Å². The predicted molar refractivity (Wildman–Crippen MR) is 69.7 cm³/mol. The van der Waals surface area contributed by atoms with E-state index >= 15 is 0 Å². The van der Waals surface area contributed by atoms with Gasteiger partial charge in [-0.3, -0.25) is 9.48 Å². The molecule has 0 radical (unpaired) electrons. The first-order chi connectivity index (χ1) is 8.13. The number of hydrogen-bond donors (Lipinski definition) is 1. The van der Waals surface area contributed by atoms with E-state index in [4.69, 9.17) is 0 Å². The van der Waals surface area contributed by atoms with Gasteiger partial charge in [-0.2, -0.15) is 5.10 Å². The molecular weight excluding hydrogens is 282 g/mol. The summed E-state index contributed by atoms with van der Waals surface area (Å²) in [7, 11) is 1.94. The topological polar surface area (TPSA) is 46.9 Å². The smallest absolute Gasteiger partial charge is 0.223 e. The average Bonchev–Trinajstić information content (AvgIpc) is 2.59. The lowest BCUT2D eigenvalue weighted by molar-refractivity contribution is -0.126. The van der Waals surface area contributed by atoms with E-state index in [1.807, 2.05) is 11.7 Å². The molecule has 2 heterocycles. The SMILES string of the molecule is CCc1nn(C)c(CC2CCCNC2=O)c1Br. The Morgan fingerprint density at radius 2 is 2.35 bits per heavy atom. The number of hydrogen-bond acceptors (Lipinski definition) is 2. The average molecular weight is 300 g/mol. The summed E-state index contributed by atoms with van der Waals surface area (Å²) < 4.78 is 2.96. The molecule has 5 heteroatoms. The molecular formula is C12H18BrN3O. The standard InChI is InChI=1S/C12H18BrN3O/c1-3-9-11(13)10(16(2)15-9)7-8-5-4-6-14-12(8)17/h8H,3-7H2,1-2H3,(H,14,17). The van der Waals surface area contributed by atoms with E-state index in [9.17, 15) is 4.79 Å². The number of amides is 1. The number of carbonyl (C=O) groups is 1. The first-order valence-electron chi connectivity index (χ1n) is 6.11. The monoisotopic (exact) mass is 299 g/mol. The summed E-state index contributed by atoms with van der Waals surface area (Å²) in [6, 6.07) is 0. The zero-order valence-corrected chi connectivity index (χ0v) is 11.9. The molecule has 0 spiro atoms. The fourth-order valence-corrected chi connectivity index (χ4v) is 3.08. The Morgan fingerprint density at radius 3 is 2.94 bits per heavy atom. The van der Waals surface area contributed by atoms with E-state index in [0.29, 0.717) is 0 Å². The van der Waals surface area contributed by atoms with Gasteiger partial charge in [-0.1, -0.05) is 6.92 Å². The molecule has 1 amide bonds. The molecule has 4 nitrogen and oxygen atoms in total. The van der Waals surface area contributed by atoms with Gasteiger partial charge >= 0.3 is 0 Å². The summed E-state index contributed by atoms with van der Waals surface area (Å²) in [5.41, 5.74) is 2.20. The molecule has 0 saturated carbocycles. The minimum absolute atomic E-state index is 0.0974. The zero-order chi connectivity index (χ0) is 12.4. The maximum atomic E-state index is 11.7. The summed E-state index contributed by atoms with van der Waals surface area (Å²) in [4.78, 5) is 11.7. The molecule has 1 saturated heterocycles. The number of halogens is 1. The summed E-state index contributed by atoms with van der Waals surface area (Å²) in [5, 5.41) is 7.39. The number of rotatable bonds is 3. The highest BCUT2D eigenvalue weighted by Gasteiger charge is 2.25. The van der Waals surface area contributed by atoms with E-state index in [2.05, 4.69) is 33.3 Å². The number of nitrogens with zero attached hydrogens (tertiary/aromatic N) is 2. The van der Waals surface area contributed by atoms with E-state index in [-0.39, 0.29) is 11.8 Å². The zero-order valence-electron chi connectivity index (χ0n) is 10.3. The van der Waals surface area contributed by atoms with Crippen molar-refractivity contribution < 1.29 is 4.79 Å². The number of nitrogens with one attached hydrogen (secondary N) is 1. The van der Waals surface area contributed by atoms with Gasteiger partial charge in [0, 0.05) is 25.9 Å². The third kappa shape index (κ3) is 2.54. The second kappa shape index (κ2) is 5.21. The van der Waals surface area contributed by atoms with Crippen molar-refractivity contribution in [1.82, 2.24) is 15.1 Å². The van der Waals surface area contributed by atoms with Crippen molar-refractivity contribution in [1.29, 1.82) is 0 Å². The van der Waals surface area contributed by atoms with Crippen LogP contribution in [-0.2, 0) is 24.7 Å². The van der Waals surface area contributed by atoms with Crippen LogP contribution >= 0.6 is 15.9 Å². The number of piperidine rings is 1. The van der Waals surface area contributed by atoms with Crippen LogP contribution in [0, 0.1) is 5.92 Å². The van der Waals surface area contributed by atoms with Crippen LogP contribution in [0.4, 0.5) is 0 Å². The maximum absolute atomic E-state index is 11.7. The van der Waals surface area contributed by atoms with Gasteiger partial charge in [0.1, 0.15) is 0 Å². The van der Waals surface area contributed by atoms with Crippen molar-refractivity contribution in [2.24, 2.45) is 13.0 Å². The second-order valence-electron chi connectivity index (χ2n) is 4.52. The summed E-state index contributed by atoms with van der Waals surface area (Å²) in [6.07, 6.45) is 3.73. The molecule has 1 unspecified atom stereocenters. The Morgan fingerprint density at radius 1 is 1.59 bits per heavy atom. The summed E-state index contributed by atoms with van der Waals surface area (Å²) >= 11 is 3.59. The number of aryl methyl sites for hydroxylation is 2. The Balaban J connectivity index is 2.17. The minimum Gasteiger partial charge on any atom is -0.356 e. The lowest BCUT2D eigenvalue weighted by atomic mass is 9.93. The van der Waals surface area contributed by atoms with Gasteiger partial charge in [0.05, 0.1) is 15.9 Å². The van der Waals surface area contributed by atoms with Crippen LogP contribution in [0.15, 0.2) is 4.47 Å². The molecule has 1 aromatic rings. The van der Waals surface area contributed by atoms with Gasteiger partial charge in [0.2, 0.25) is 5.91 Å². The molecule has 1 fully saturated rings. The van der Waals surface area contributed by atoms with Crippen LogP contribution in [-0.4, -0.2) is 22.2 Å². The summed E-state index contributed by atoms with van der Waals surface area (Å²) in [5.74, 6) is 0.280. The lowest BCUT2D eigenvalue weighted by Crippen LogP contribution is -2.37. The highest BCUT2D eigenvalue weighted by Crippen LogP contribution is 2.26. The Hall–Kier alpha value is -0.840. The molecule has 1 aromatic heterocycles. The van der Waals surface area contributed by atoms with Gasteiger partial charge in [0.15, 0.2) is 0 Å². The van der Waals surface area contributed by atoms with Gasteiger partial charge in [0.25, 0.3) is 0 Å². The molecule has 1 aliphatic rings. The molecule has 0 bridgehead atoms. The van der Waals surface area contributed by atoms with Crippen LogP contribution in [0.3, 0.4) is 0 Å². The summed E-state index contributed by atoms with van der Waals surface area (Å²) in [6.45, 7) is 2.91. The van der Waals surface area contributed by atoms with E-state index in [0.717, 1.165) is 48.1 Å². The van der Waals surface area contributed by atoms with Crippen molar-refractivity contribution in [3.8, 4) is 0 Å². The molecule has 1 N–H and O–H groups in total. The Kier molecular flexibility index (Phi) is 3.86. The highest BCUT2D eigenvalue weighted by atomic mass is 79.9. The molecule has 1 aliphatic heterocycles. The van der Waals surface area contributed by atoms with Crippen LogP contribution in [0.5, 0.6) is 0 Å². The van der Waals surface area contributed by atoms with Crippen molar-refractivity contribution in [3.05, 3.63) is 15.9 Å². The van der Waals surface area contributed by atoms with Crippen LogP contribution in [0.1, 0.15) is 31.2 Å². The maximum Gasteiger partial charge on any atom is 0.223 e. The molecule has 17 heavy (non-hydrogen) atoms. The first kappa shape index (κ1) is 12.6. The molecule has 2 rings (SSSR count). The quantitative estimate of drug-likeness (QED) is 0.925. The van der Waals surface area contributed by atoms with Gasteiger partial charge in [-0.05, 0) is 35.2 Å². The van der Waals surface area contributed by atoms with Crippen molar-refractivity contribution in [3.63, 3.8) is 0 Å². The molecule has 0 aliphatic carbocycles. The van der Waals surface area contributed by atoms with Gasteiger partial charge < -0.3 is 5.32 Å². The fourth-order valence-electron chi connectivity index (χ4n) is 2.31. The Labute approximate surface area is 110 Å². The minimum atomic E-state index is 0.0974. The third-order valence-corrected chi connectivity index (χ3v) is 4.26. The van der Waals surface area contributed by atoms with Gasteiger partial charge in [-0.15, -0.1) is 0 Å². The second-order valence-corrected chi connectivity index (χ2v) is 5.31. The number of aromatic nitrogens is 2. The van der Waals surface area contributed by atoms with Crippen molar-refractivity contribution in [2.75, 3.05) is 6.54 Å². The van der Waals surface area contributed by atoms with E-state index in [1.54, 1.807) is 0 Å². The van der Waals surface area contributed by atoms with Crippen LogP contribution < -0.4 is 5.32 Å². The predicted octanol–water partition coefficient (Wildman–Crippen LogP) is 1.81. The molecule has 0 aromatic carbocycles. The van der Waals surface area contributed by atoms with Crippen LogP contribution in [0.25, 0.3) is 0 Å². The first-order valence-corrected chi connectivity index (χ1v) is 6.90. The van der Waals surface area contributed by atoms with E-state index in [1.165, 1.54) is 0 Å². The lowest BCUT2D eigenvalue weighted by Gasteiger charge is -2.21. The van der Waals surface area contributed by atoms with Crippen molar-refractivity contribution in [2.45, 2.75) is 32.6 Å². The van der Waals surface area contributed by atoms with Crippen molar-refractivity contribution >= 4 is 21.8 Å². The normalized spacial score (nSPS) is 20.4. The number of carbonyl (C=O) groups excluding carboxylic acids is 1.